The standard InChI is InChI=1S/C18H19F2N3O2.C7H15N/c1-10(2)18-15(8-17(25)23(22-18)9-16(24)21-20)13-5-12(11-3-4-11)6-14(19)7-13;1-2-8-6-4-3-5-7-8/h5-8,10-11H,3-4,9H2,1-2H3,(H,21,24);2-7H2,1H3. The van der Waals surface area contributed by atoms with E-state index in [2.05, 4.69) is 16.9 Å². The number of nitrogens with zero attached hydrogens (tertiary/aromatic N) is 3. The fourth-order valence-electron chi connectivity index (χ4n) is 4.14. The van der Waals surface area contributed by atoms with Gasteiger partial charge in [0.05, 0.1) is 5.69 Å². The number of rotatable bonds is 6. The molecule has 2 aromatic rings. The van der Waals surface area contributed by atoms with Crippen LogP contribution < -0.4 is 11.1 Å². The lowest BCUT2D eigenvalue weighted by atomic mass is 9.96. The third kappa shape index (κ3) is 6.93. The van der Waals surface area contributed by atoms with Gasteiger partial charge in [-0.3, -0.25) is 9.59 Å². The van der Waals surface area contributed by atoms with E-state index in [1.165, 1.54) is 57.1 Å². The first-order chi connectivity index (χ1) is 15.8. The summed E-state index contributed by atoms with van der Waals surface area (Å²) in [6, 6.07) is 6.13. The Morgan fingerprint density at radius 1 is 1.15 bits per heavy atom. The molecule has 4 rings (SSSR count). The summed E-state index contributed by atoms with van der Waals surface area (Å²) in [6.45, 7) is 9.44. The third-order valence-electron chi connectivity index (χ3n) is 6.15. The van der Waals surface area contributed by atoms with Gasteiger partial charge in [0.2, 0.25) is 0 Å². The van der Waals surface area contributed by atoms with Gasteiger partial charge < -0.3 is 4.90 Å². The normalized spacial score (nSPS) is 16.3. The number of hydrogen-bond acceptors (Lipinski definition) is 4. The Morgan fingerprint density at radius 2 is 1.85 bits per heavy atom. The Hall–Kier alpha value is -2.61. The molecule has 1 aromatic heterocycles. The number of benzene rings is 1. The molecule has 1 N–H and O–H groups in total. The molecule has 0 radical (unpaired) electrons. The number of carbonyl (C=O) groups is 1. The SMILES string of the molecule is CC(C)c1nn(CC(=O)NF)c(=O)cc1-c1cc(F)cc(C2CC2)c1.CCN1CCCCC1. The Bertz CT molecular complexity index is 1010. The molecule has 2 heterocycles. The summed E-state index contributed by atoms with van der Waals surface area (Å²) in [5, 5.41) is 4.21. The molecule has 8 heteroatoms. The molecule has 0 bridgehead atoms. The van der Waals surface area contributed by atoms with Crippen molar-refractivity contribution in [3.05, 3.63) is 51.7 Å². The fraction of sp³-hybridized carbons (Fsp3) is 0.560. The Kier molecular flexibility index (Phi) is 8.72. The summed E-state index contributed by atoms with van der Waals surface area (Å²) in [4.78, 5) is 26.0. The lowest BCUT2D eigenvalue weighted by molar-refractivity contribution is -0.126. The molecule has 0 atom stereocenters. The van der Waals surface area contributed by atoms with Crippen LogP contribution in [0.2, 0.25) is 0 Å². The zero-order chi connectivity index (χ0) is 24.0. The second kappa shape index (κ2) is 11.5. The molecule has 1 saturated heterocycles. The summed E-state index contributed by atoms with van der Waals surface area (Å²) < 4.78 is 27.1. The van der Waals surface area contributed by atoms with Crippen LogP contribution in [0.25, 0.3) is 11.1 Å². The van der Waals surface area contributed by atoms with Crippen LogP contribution in [0.3, 0.4) is 0 Å². The molecule has 0 spiro atoms. The van der Waals surface area contributed by atoms with Gasteiger partial charge in [-0.05, 0) is 80.4 Å². The summed E-state index contributed by atoms with van der Waals surface area (Å²) in [5.74, 6) is -1.00. The predicted molar refractivity (Wildman–Crippen MR) is 125 cm³/mol. The Balaban J connectivity index is 0.000000323. The highest BCUT2D eigenvalue weighted by Crippen LogP contribution is 2.42. The molecule has 180 valence electrons. The first-order valence-corrected chi connectivity index (χ1v) is 11.9. The first-order valence-electron chi connectivity index (χ1n) is 11.9. The van der Waals surface area contributed by atoms with E-state index in [4.69, 9.17) is 0 Å². The Morgan fingerprint density at radius 3 is 2.39 bits per heavy atom. The summed E-state index contributed by atoms with van der Waals surface area (Å²) >= 11 is 0. The molecule has 0 unspecified atom stereocenters. The zero-order valence-corrected chi connectivity index (χ0v) is 19.7. The molecule has 1 amide bonds. The van der Waals surface area contributed by atoms with E-state index >= 15 is 0 Å². The molecular weight excluding hydrogens is 426 g/mol. The van der Waals surface area contributed by atoms with Crippen molar-refractivity contribution in [2.24, 2.45) is 0 Å². The van der Waals surface area contributed by atoms with Gasteiger partial charge in [0.25, 0.3) is 11.5 Å². The van der Waals surface area contributed by atoms with Gasteiger partial charge in [-0.15, -0.1) is 4.48 Å². The van der Waals surface area contributed by atoms with E-state index in [0.717, 1.165) is 28.6 Å². The summed E-state index contributed by atoms with van der Waals surface area (Å²) in [7, 11) is 0. The predicted octanol–water partition coefficient (Wildman–Crippen LogP) is 4.54. The largest absolute Gasteiger partial charge is 0.304 e. The van der Waals surface area contributed by atoms with Crippen molar-refractivity contribution < 1.29 is 13.7 Å². The lowest BCUT2D eigenvalue weighted by Gasteiger charge is -2.24. The zero-order valence-electron chi connectivity index (χ0n) is 19.7. The van der Waals surface area contributed by atoms with E-state index in [1.54, 1.807) is 0 Å². The molecule has 1 aromatic carbocycles. The summed E-state index contributed by atoms with van der Waals surface area (Å²) in [5.41, 5.74) is 3.05. The number of nitrogens with one attached hydrogen (secondary N) is 1. The lowest BCUT2D eigenvalue weighted by Crippen LogP contribution is -2.31. The van der Waals surface area contributed by atoms with E-state index in [9.17, 15) is 18.5 Å². The van der Waals surface area contributed by atoms with Crippen molar-refractivity contribution in [1.82, 2.24) is 20.2 Å². The minimum atomic E-state index is -0.959. The second-order valence-electron chi connectivity index (χ2n) is 9.15. The smallest absolute Gasteiger partial charge is 0.269 e. The number of halogens is 2. The third-order valence-corrected chi connectivity index (χ3v) is 6.15. The van der Waals surface area contributed by atoms with Crippen LogP contribution in [0, 0.1) is 5.82 Å². The molecule has 1 aliphatic carbocycles. The highest BCUT2D eigenvalue weighted by Gasteiger charge is 2.25. The van der Waals surface area contributed by atoms with Crippen LogP contribution >= 0.6 is 0 Å². The first kappa shape index (κ1) is 25.0. The van der Waals surface area contributed by atoms with E-state index in [0.29, 0.717) is 22.7 Å². The van der Waals surface area contributed by atoms with Crippen molar-refractivity contribution in [1.29, 1.82) is 0 Å². The van der Waals surface area contributed by atoms with Gasteiger partial charge in [0, 0.05) is 11.6 Å². The van der Waals surface area contributed by atoms with E-state index in [-0.39, 0.29) is 11.7 Å². The van der Waals surface area contributed by atoms with Crippen molar-refractivity contribution in [3.63, 3.8) is 0 Å². The number of amides is 1. The maximum atomic E-state index is 14.0. The molecule has 2 aliphatic rings. The van der Waals surface area contributed by atoms with E-state index < -0.39 is 18.0 Å². The molecule has 1 saturated carbocycles. The van der Waals surface area contributed by atoms with Crippen LogP contribution in [0.1, 0.15) is 76.0 Å². The Labute approximate surface area is 193 Å². The maximum absolute atomic E-state index is 14.0. The highest BCUT2D eigenvalue weighted by molar-refractivity contribution is 5.74. The number of hydrogen-bond donors (Lipinski definition) is 1. The van der Waals surface area contributed by atoms with Crippen molar-refractivity contribution >= 4 is 5.91 Å². The quantitative estimate of drug-likeness (QED) is 0.643. The van der Waals surface area contributed by atoms with Gasteiger partial charge >= 0.3 is 0 Å². The average Bonchev–Trinajstić information content (AvgIpc) is 3.66. The highest BCUT2D eigenvalue weighted by atomic mass is 19.2. The van der Waals surface area contributed by atoms with Gasteiger partial charge in [0.1, 0.15) is 12.4 Å². The van der Waals surface area contributed by atoms with Gasteiger partial charge in [-0.25, -0.2) is 9.07 Å². The van der Waals surface area contributed by atoms with Gasteiger partial charge in [-0.1, -0.05) is 33.3 Å². The fourth-order valence-corrected chi connectivity index (χ4v) is 4.14. The second-order valence-corrected chi connectivity index (χ2v) is 9.15. The van der Waals surface area contributed by atoms with Crippen LogP contribution in [-0.4, -0.2) is 40.2 Å². The number of likely N-dealkylation sites (tertiary alicyclic amines) is 1. The average molecular weight is 461 g/mol. The van der Waals surface area contributed by atoms with Crippen LogP contribution in [0.4, 0.5) is 8.87 Å². The van der Waals surface area contributed by atoms with Crippen LogP contribution in [-0.2, 0) is 11.3 Å². The number of piperidine rings is 1. The molecule has 1 aliphatic heterocycles. The van der Waals surface area contributed by atoms with Crippen molar-refractivity contribution in [2.45, 2.75) is 71.3 Å². The van der Waals surface area contributed by atoms with Crippen LogP contribution in [0.15, 0.2) is 29.1 Å². The van der Waals surface area contributed by atoms with E-state index in [1.807, 2.05) is 19.9 Å². The van der Waals surface area contributed by atoms with Crippen LogP contribution in [0.5, 0.6) is 0 Å². The van der Waals surface area contributed by atoms with Gasteiger partial charge in [0.15, 0.2) is 0 Å². The topological polar surface area (TPSA) is 67.2 Å². The maximum Gasteiger partial charge on any atom is 0.269 e. The minimum absolute atomic E-state index is 0.0667. The molecular formula is C25H34F2N4O2. The molecule has 2 fully saturated rings. The van der Waals surface area contributed by atoms with Gasteiger partial charge in [-0.2, -0.15) is 10.6 Å². The number of carbonyl (C=O) groups excluding carboxylic acids is 1. The monoisotopic (exact) mass is 460 g/mol. The summed E-state index contributed by atoms with van der Waals surface area (Å²) in [6.07, 6.45) is 6.38. The minimum Gasteiger partial charge on any atom is -0.304 e. The van der Waals surface area contributed by atoms with Crippen molar-refractivity contribution in [2.75, 3.05) is 19.6 Å². The molecule has 6 nitrogen and oxygen atoms in total. The van der Waals surface area contributed by atoms with Crippen molar-refractivity contribution in [3.8, 4) is 11.1 Å². The molecule has 33 heavy (non-hydrogen) atoms. The number of aromatic nitrogens is 2.